The molecule has 0 aliphatic heterocycles. The third-order valence-electron chi connectivity index (χ3n) is 1.95. The van der Waals surface area contributed by atoms with E-state index >= 15 is 0 Å². The summed E-state index contributed by atoms with van der Waals surface area (Å²) in [4.78, 5) is 10.6. The lowest BCUT2D eigenvalue weighted by Gasteiger charge is -2.23. The molecule has 0 saturated heterocycles. The summed E-state index contributed by atoms with van der Waals surface area (Å²) >= 11 is 0. The summed E-state index contributed by atoms with van der Waals surface area (Å²) in [6, 6.07) is -0.434. The number of H-pyrrole nitrogens is 1. The standard InChI is InChI=1S/C8H13N3O4S/c1-6(2)11(5-8(12)13)16(14,15)7-3-9-10-4-7/h3-4,6H,5H2,1-2H3,(H,9,10)(H,12,13). The first kappa shape index (κ1) is 12.7. The maximum atomic E-state index is 12.0. The first-order valence-corrected chi connectivity index (χ1v) is 6.02. The van der Waals surface area contributed by atoms with Crippen LogP contribution in [0.2, 0.25) is 0 Å². The predicted molar refractivity (Wildman–Crippen MR) is 55.3 cm³/mol. The zero-order chi connectivity index (χ0) is 12.3. The molecule has 0 atom stereocenters. The van der Waals surface area contributed by atoms with Crippen molar-refractivity contribution in [2.75, 3.05) is 6.54 Å². The molecule has 16 heavy (non-hydrogen) atoms. The first-order chi connectivity index (χ1) is 7.35. The van der Waals surface area contributed by atoms with E-state index in [2.05, 4.69) is 10.2 Å². The molecule has 1 rings (SSSR count). The van der Waals surface area contributed by atoms with Crippen molar-refractivity contribution in [2.45, 2.75) is 24.8 Å². The molecule has 90 valence electrons. The molecule has 0 radical (unpaired) electrons. The van der Waals surface area contributed by atoms with Gasteiger partial charge in [-0.3, -0.25) is 9.89 Å². The number of aliphatic carboxylic acids is 1. The highest BCUT2D eigenvalue weighted by Gasteiger charge is 2.29. The van der Waals surface area contributed by atoms with Crippen LogP contribution in [0.25, 0.3) is 0 Å². The van der Waals surface area contributed by atoms with E-state index in [4.69, 9.17) is 5.11 Å². The fraction of sp³-hybridized carbons (Fsp3) is 0.500. The topological polar surface area (TPSA) is 103 Å². The minimum absolute atomic E-state index is 0.0394. The molecule has 0 fully saturated rings. The second-order valence-corrected chi connectivity index (χ2v) is 5.36. The summed E-state index contributed by atoms with van der Waals surface area (Å²) in [6.07, 6.45) is 2.36. The van der Waals surface area contributed by atoms with Crippen molar-refractivity contribution in [1.82, 2.24) is 14.5 Å². The summed E-state index contributed by atoms with van der Waals surface area (Å²) in [6.45, 7) is 2.66. The maximum absolute atomic E-state index is 12.0. The van der Waals surface area contributed by atoms with Crippen molar-refractivity contribution in [3.63, 3.8) is 0 Å². The van der Waals surface area contributed by atoms with E-state index in [0.717, 1.165) is 10.5 Å². The number of carboxylic acids is 1. The molecular formula is C8H13N3O4S. The molecule has 1 aromatic rings. The van der Waals surface area contributed by atoms with Crippen molar-refractivity contribution >= 4 is 16.0 Å². The van der Waals surface area contributed by atoms with Gasteiger partial charge in [-0.1, -0.05) is 0 Å². The van der Waals surface area contributed by atoms with Gasteiger partial charge in [0.05, 0.1) is 6.20 Å². The van der Waals surface area contributed by atoms with Crippen LogP contribution in [0, 0.1) is 0 Å². The Bertz CT molecular complexity index is 452. The fourth-order valence-electron chi connectivity index (χ4n) is 1.19. The largest absolute Gasteiger partial charge is 0.480 e. The lowest BCUT2D eigenvalue weighted by Crippen LogP contribution is -2.40. The SMILES string of the molecule is CC(C)N(CC(=O)O)S(=O)(=O)c1cn[nH]c1. The van der Waals surface area contributed by atoms with Crippen LogP contribution in [0.15, 0.2) is 17.3 Å². The van der Waals surface area contributed by atoms with E-state index in [-0.39, 0.29) is 4.90 Å². The Morgan fingerprint density at radius 1 is 1.62 bits per heavy atom. The molecule has 0 bridgehead atoms. The average molecular weight is 247 g/mol. The number of nitrogens with zero attached hydrogens (tertiary/aromatic N) is 2. The van der Waals surface area contributed by atoms with Crippen LogP contribution in [0.3, 0.4) is 0 Å². The number of carbonyl (C=O) groups is 1. The number of aromatic amines is 1. The molecule has 1 aromatic heterocycles. The predicted octanol–water partition coefficient (Wildman–Crippen LogP) is -0.107. The van der Waals surface area contributed by atoms with Crippen molar-refractivity contribution in [2.24, 2.45) is 0 Å². The molecule has 0 amide bonds. The quantitative estimate of drug-likeness (QED) is 0.755. The van der Waals surface area contributed by atoms with Crippen LogP contribution in [0.5, 0.6) is 0 Å². The van der Waals surface area contributed by atoms with E-state index in [1.54, 1.807) is 13.8 Å². The molecule has 2 N–H and O–H groups in total. The Morgan fingerprint density at radius 3 is 2.62 bits per heavy atom. The fourth-order valence-corrected chi connectivity index (χ4v) is 2.69. The summed E-state index contributed by atoms with van der Waals surface area (Å²) in [5.41, 5.74) is 0. The van der Waals surface area contributed by atoms with Crippen LogP contribution in [0.4, 0.5) is 0 Å². The summed E-state index contributed by atoms with van der Waals surface area (Å²) < 4.78 is 24.8. The Kier molecular flexibility index (Phi) is 3.66. The normalized spacial score (nSPS) is 12.2. The van der Waals surface area contributed by atoms with Crippen molar-refractivity contribution in [3.8, 4) is 0 Å². The van der Waals surface area contributed by atoms with E-state index < -0.39 is 28.6 Å². The summed E-state index contributed by atoms with van der Waals surface area (Å²) in [7, 11) is -3.79. The highest BCUT2D eigenvalue weighted by Crippen LogP contribution is 2.16. The molecule has 0 aliphatic rings. The molecule has 8 heteroatoms. The van der Waals surface area contributed by atoms with Gasteiger partial charge in [-0.25, -0.2) is 8.42 Å². The monoisotopic (exact) mass is 247 g/mol. The first-order valence-electron chi connectivity index (χ1n) is 4.58. The van der Waals surface area contributed by atoms with Crippen LogP contribution >= 0.6 is 0 Å². The van der Waals surface area contributed by atoms with Gasteiger partial charge >= 0.3 is 5.97 Å². The van der Waals surface area contributed by atoms with Crippen LogP contribution < -0.4 is 0 Å². The number of aromatic nitrogens is 2. The highest BCUT2D eigenvalue weighted by molar-refractivity contribution is 7.89. The number of nitrogens with one attached hydrogen (secondary N) is 1. The number of hydrogen-bond acceptors (Lipinski definition) is 4. The second kappa shape index (κ2) is 4.62. The molecule has 0 unspecified atom stereocenters. The van der Waals surface area contributed by atoms with Gasteiger partial charge < -0.3 is 5.11 Å². The van der Waals surface area contributed by atoms with Crippen LogP contribution in [-0.4, -0.2) is 46.6 Å². The zero-order valence-corrected chi connectivity index (χ0v) is 9.73. The number of hydrogen-bond donors (Lipinski definition) is 2. The molecular weight excluding hydrogens is 234 g/mol. The van der Waals surface area contributed by atoms with Gasteiger partial charge in [0.2, 0.25) is 10.0 Å². The average Bonchev–Trinajstić information content (AvgIpc) is 2.66. The van der Waals surface area contributed by atoms with Crippen molar-refractivity contribution in [3.05, 3.63) is 12.4 Å². The maximum Gasteiger partial charge on any atom is 0.318 e. The molecule has 1 heterocycles. The van der Waals surface area contributed by atoms with Gasteiger partial charge in [-0.2, -0.15) is 9.40 Å². The minimum atomic E-state index is -3.79. The zero-order valence-electron chi connectivity index (χ0n) is 8.91. The number of rotatable bonds is 5. The van der Waals surface area contributed by atoms with Crippen molar-refractivity contribution in [1.29, 1.82) is 0 Å². The summed E-state index contributed by atoms with van der Waals surface area (Å²) in [5.74, 6) is -1.19. The number of carboxylic acid groups (broad SMARTS) is 1. The van der Waals surface area contributed by atoms with Gasteiger partial charge in [0.25, 0.3) is 0 Å². The molecule has 0 aromatic carbocycles. The van der Waals surface area contributed by atoms with Crippen molar-refractivity contribution < 1.29 is 18.3 Å². The van der Waals surface area contributed by atoms with Crippen LogP contribution in [-0.2, 0) is 14.8 Å². The molecule has 7 nitrogen and oxygen atoms in total. The van der Waals surface area contributed by atoms with E-state index in [9.17, 15) is 13.2 Å². The van der Waals surface area contributed by atoms with Gasteiger partial charge in [0.1, 0.15) is 11.4 Å². The van der Waals surface area contributed by atoms with Gasteiger partial charge in [0.15, 0.2) is 0 Å². The number of sulfonamides is 1. The Morgan fingerprint density at radius 2 is 2.25 bits per heavy atom. The third-order valence-corrected chi connectivity index (χ3v) is 3.93. The lowest BCUT2D eigenvalue weighted by atomic mass is 10.4. The lowest BCUT2D eigenvalue weighted by molar-refractivity contribution is -0.137. The molecule has 0 aliphatic carbocycles. The van der Waals surface area contributed by atoms with E-state index in [1.165, 1.54) is 6.20 Å². The Hall–Kier alpha value is -1.41. The molecule has 0 spiro atoms. The summed E-state index contributed by atoms with van der Waals surface area (Å²) in [5, 5.41) is 14.6. The Labute approximate surface area is 93.1 Å². The minimum Gasteiger partial charge on any atom is -0.480 e. The van der Waals surface area contributed by atoms with Gasteiger partial charge in [-0.05, 0) is 13.8 Å². The Balaban J connectivity index is 3.08. The second-order valence-electron chi connectivity index (χ2n) is 3.47. The van der Waals surface area contributed by atoms with E-state index in [0.29, 0.717) is 0 Å². The van der Waals surface area contributed by atoms with Gasteiger partial charge in [-0.15, -0.1) is 0 Å². The third kappa shape index (κ3) is 2.58. The van der Waals surface area contributed by atoms with Crippen LogP contribution in [0.1, 0.15) is 13.8 Å². The van der Waals surface area contributed by atoms with E-state index in [1.807, 2.05) is 0 Å². The molecule has 0 saturated carbocycles. The highest BCUT2D eigenvalue weighted by atomic mass is 32.2. The van der Waals surface area contributed by atoms with Gasteiger partial charge in [0, 0.05) is 12.2 Å². The smallest absolute Gasteiger partial charge is 0.318 e.